The van der Waals surface area contributed by atoms with Crippen molar-refractivity contribution < 1.29 is 18.0 Å². The molecule has 0 spiro atoms. The van der Waals surface area contributed by atoms with Crippen molar-refractivity contribution in [3.8, 4) is 20.9 Å². The summed E-state index contributed by atoms with van der Waals surface area (Å²) in [6, 6.07) is 11.4. The van der Waals surface area contributed by atoms with Gasteiger partial charge in [0.25, 0.3) is 0 Å². The SMILES string of the molecule is CCCc1ccc(-c2cc3sc(-c4cc(F)c(C=O)c(F)c4)cc3s2)c(F)c1. The number of hydrogen-bond donors (Lipinski definition) is 0. The largest absolute Gasteiger partial charge is 0.298 e. The molecule has 2 aromatic heterocycles. The number of aryl methyl sites for hydroxylation is 1. The number of carbonyl (C=O) groups excluding carboxylic acids is 1. The third-order valence-corrected chi connectivity index (χ3v) is 6.90. The summed E-state index contributed by atoms with van der Waals surface area (Å²) in [5.74, 6) is -2.00. The molecule has 2 heterocycles. The number of aldehydes is 1. The fourth-order valence-corrected chi connectivity index (χ4v) is 5.56. The van der Waals surface area contributed by atoms with Gasteiger partial charge < -0.3 is 0 Å². The molecule has 0 aliphatic heterocycles. The average molecular weight is 416 g/mol. The van der Waals surface area contributed by atoms with Crippen LogP contribution in [0.2, 0.25) is 0 Å². The van der Waals surface area contributed by atoms with Crippen LogP contribution in [-0.2, 0) is 6.42 Å². The van der Waals surface area contributed by atoms with Gasteiger partial charge in [-0.3, -0.25) is 4.79 Å². The summed E-state index contributed by atoms with van der Waals surface area (Å²) >= 11 is 2.82. The maximum Gasteiger partial charge on any atom is 0.155 e. The van der Waals surface area contributed by atoms with Crippen LogP contribution in [0.25, 0.3) is 30.3 Å². The van der Waals surface area contributed by atoms with Crippen molar-refractivity contribution in [2.75, 3.05) is 0 Å². The van der Waals surface area contributed by atoms with Gasteiger partial charge in [-0.2, -0.15) is 0 Å². The molecule has 28 heavy (non-hydrogen) atoms. The molecule has 2 aromatic carbocycles. The van der Waals surface area contributed by atoms with E-state index in [1.165, 1.54) is 22.7 Å². The van der Waals surface area contributed by atoms with Gasteiger partial charge in [0.1, 0.15) is 17.5 Å². The number of fused-ring (bicyclic) bond motifs is 1. The van der Waals surface area contributed by atoms with E-state index in [2.05, 4.69) is 6.92 Å². The molecular formula is C22H15F3OS2. The summed E-state index contributed by atoms with van der Waals surface area (Å²) in [4.78, 5) is 12.3. The highest BCUT2D eigenvalue weighted by atomic mass is 32.1. The van der Waals surface area contributed by atoms with Crippen LogP contribution in [0.4, 0.5) is 13.2 Å². The van der Waals surface area contributed by atoms with Crippen LogP contribution in [0.5, 0.6) is 0 Å². The van der Waals surface area contributed by atoms with Crippen LogP contribution >= 0.6 is 22.7 Å². The number of halogens is 3. The smallest absolute Gasteiger partial charge is 0.155 e. The monoisotopic (exact) mass is 416 g/mol. The minimum Gasteiger partial charge on any atom is -0.298 e. The molecule has 0 unspecified atom stereocenters. The van der Waals surface area contributed by atoms with Gasteiger partial charge in [-0.1, -0.05) is 25.5 Å². The van der Waals surface area contributed by atoms with Crippen molar-refractivity contribution in [3.05, 3.63) is 71.0 Å². The van der Waals surface area contributed by atoms with E-state index in [0.29, 0.717) is 16.0 Å². The summed E-state index contributed by atoms with van der Waals surface area (Å²) in [5, 5.41) is 0. The first-order valence-corrected chi connectivity index (χ1v) is 10.4. The zero-order valence-electron chi connectivity index (χ0n) is 14.9. The summed E-state index contributed by atoms with van der Waals surface area (Å²) < 4.78 is 44.1. The Hall–Kier alpha value is -2.44. The molecule has 0 N–H and O–H groups in total. The summed E-state index contributed by atoms with van der Waals surface area (Å²) in [6.07, 6.45) is 1.98. The van der Waals surface area contributed by atoms with E-state index >= 15 is 0 Å². The second kappa shape index (κ2) is 7.53. The Morgan fingerprint density at radius 2 is 1.50 bits per heavy atom. The van der Waals surface area contributed by atoms with Crippen molar-refractivity contribution in [2.24, 2.45) is 0 Å². The van der Waals surface area contributed by atoms with Gasteiger partial charge in [0.2, 0.25) is 0 Å². The van der Waals surface area contributed by atoms with E-state index in [1.807, 2.05) is 18.2 Å². The van der Waals surface area contributed by atoms with E-state index in [4.69, 9.17) is 0 Å². The van der Waals surface area contributed by atoms with Crippen LogP contribution in [0.15, 0.2) is 42.5 Å². The highest BCUT2D eigenvalue weighted by Gasteiger charge is 2.16. The van der Waals surface area contributed by atoms with Crippen molar-refractivity contribution in [2.45, 2.75) is 19.8 Å². The average Bonchev–Trinajstić information content (AvgIpc) is 3.21. The van der Waals surface area contributed by atoms with E-state index < -0.39 is 17.2 Å². The maximum absolute atomic E-state index is 14.5. The number of thiophene rings is 2. The van der Waals surface area contributed by atoms with E-state index in [0.717, 1.165) is 44.8 Å². The van der Waals surface area contributed by atoms with Gasteiger partial charge in [-0.05, 0) is 47.9 Å². The Morgan fingerprint density at radius 1 is 0.857 bits per heavy atom. The van der Waals surface area contributed by atoms with Gasteiger partial charge >= 0.3 is 0 Å². The van der Waals surface area contributed by atoms with Gasteiger partial charge in [0, 0.05) is 24.7 Å². The lowest BCUT2D eigenvalue weighted by molar-refractivity contribution is 0.111. The quantitative estimate of drug-likeness (QED) is 0.308. The highest BCUT2D eigenvalue weighted by Crippen LogP contribution is 2.42. The second-order valence-electron chi connectivity index (χ2n) is 6.49. The predicted molar refractivity (Wildman–Crippen MR) is 110 cm³/mol. The lowest BCUT2D eigenvalue weighted by Gasteiger charge is -2.04. The minimum atomic E-state index is -0.878. The third kappa shape index (κ3) is 3.38. The van der Waals surface area contributed by atoms with Crippen LogP contribution in [-0.4, -0.2) is 6.29 Å². The molecule has 142 valence electrons. The normalized spacial score (nSPS) is 11.3. The highest BCUT2D eigenvalue weighted by molar-refractivity contribution is 7.31. The number of benzene rings is 2. The van der Waals surface area contributed by atoms with Crippen molar-refractivity contribution in [1.29, 1.82) is 0 Å². The maximum atomic E-state index is 14.5. The molecule has 1 nitrogen and oxygen atoms in total. The molecule has 0 radical (unpaired) electrons. The first kappa shape index (κ1) is 18.9. The summed E-state index contributed by atoms with van der Waals surface area (Å²) in [6.45, 7) is 2.06. The van der Waals surface area contributed by atoms with Crippen LogP contribution in [0.1, 0.15) is 29.3 Å². The molecule has 0 bridgehead atoms. The predicted octanol–water partition coefficient (Wildman–Crippen LogP) is 7.48. The Kier molecular flexibility index (Phi) is 5.08. The molecule has 0 atom stereocenters. The van der Waals surface area contributed by atoms with Crippen molar-refractivity contribution in [1.82, 2.24) is 0 Å². The molecule has 0 saturated carbocycles. The molecule has 6 heteroatoms. The Labute approximate surface area is 168 Å². The molecule has 0 fully saturated rings. The third-order valence-electron chi connectivity index (χ3n) is 4.53. The summed E-state index contributed by atoms with van der Waals surface area (Å²) in [5.41, 5.74) is 1.35. The molecule has 4 rings (SSSR count). The van der Waals surface area contributed by atoms with Gasteiger partial charge in [-0.15, -0.1) is 22.7 Å². The molecule has 0 aliphatic rings. The van der Waals surface area contributed by atoms with Crippen molar-refractivity contribution in [3.63, 3.8) is 0 Å². The van der Waals surface area contributed by atoms with Crippen molar-refractivity contribution >= 4 is 38.4 Å². The molecule has 0 amide bonds. The van der Waals surface area contributed by atoms with E-state index in [1.54, 1.807) is 12.1 Å². The molecular weight excluding hydrogens is 401 g/mol. The van der Waals surface area contributed by atoms with Gasteiger partial charge in [-0.25, -0.2) is 13.2 Å². The first-order valence-electron chi connectivity index (χ1n) is 8.77. The molecule has 0 saturated heterocycles. The number of hydrogen-bond acceptors (Lipinski definition) is 3. The van der Waals surface area contributed by atoms with Crippen LogP contribution in [0.3, 0.4) is 0 Å². The Morgan fingerprint density at radius 3 is 2.11 bits per heavy atom. The second-order valence-corrected chi connectivity index (χ2v) is 8.65. The molecule has 4 aromatic rings. The lowest BCUT2D eigenvalue weighted by Crippen LogP contribution is -1.94. The fraction of sp³-hybridized carbons (Fsp3) is 0.136. The van der Waals surface area contributed by atoms with Gasteiger partial charge in [0.15, 0.2) is 6.29 Å². The van der Waals surface area contributed by atoms with E-state index in [9.17, 15) is 18.0 Å². The van der Waals surface area contributed by atoms with Crippen LogP contribution in [0, 0.1) is 17.5 Å². The molecule has 0 aliphatic carbocycles. The fourth-order valence-electron chi connectivity index (χ4n) is 3.15. The Balaban J connectivity index is 1.70. The standard InChI is InChI=1S/C22H15F3OS2/c1-2-3-12-4-5-14(16(23)6-12)20-10-22-21(28-20)9-19(27-22)13-7-17(24)15(11-26)18(25)8-13/h4-11H,2-3H2,1H3. The van der Waals surface area contributed by atoms with Gasteiger partial charge in [0.05, 0.1) is 5.56 Å². The minimum absolute atomic E-state index is 0.175. The number of rotatable bonds is 5. The lowest BCUT2D eigenvalue weighted by atomic mass is 10.1. The first-order chi connectivity index (χ1) is 13.5. The number of carbonyl (C=O) groups is 1. The van der Waals surface area contributed by atoms with Crippen LogP contribution < -0.4 is 0 Å². The summed E-state index contributed by atoms with van der Waals surface area (Å²) in [7, 11) is 0. The zero-order chi connectivity index (χ0) is 19.8. The Bertz CT molecular complexity index is 1140. The zero-order valence-corrected chi connectivity index (χ0v) is 16.5. The van der Waals surface area contributed by atoms with E-state index in [-0.39, 0.29) is 12.1 Å². The topological polar surface area (TPSA) is 17.1 Å².